The molecule has 1 aromatic rings. The molecule has 0 aliphatic heterocycles. The van der Waals surface area contributed by atoms with E-state index in [0.29, 0.717) is 16.8 Å². The Bertz CT molecular complexity index is 576. The maximum Gasteiger partial charge on any atom is 0.251 e. The van der Waals surface area contributed by atoms with Gasteiger partial charge in [0, 0.05) is 17.5 Å². The maximum atomic E-state index is 11.7. The number of nitrogens with one attached hydrogen (secondary N) is 2. The van der Waals surface area contributed by atoms with E-state index in [-0.39, 0.29) is 5.56 Å². The molecule has 1 heterocycles. The quantitative estimate of drug-likeness (QED) is 0.568. The molecule has 114 valence electrons. The van der Waals surface area contributed by atoms with E-state index in [1.54, 1.807) is 6.07 Å². The molecule has 21 heavy (non-hydrogen) atoms. The fourth-order valence-electron chi connectivity index (χ4n) is 2.49. The van der Waals surface area contributed by atoms with Crippen molar-refractivity contribution in [3.8, 4) is 6.07 Å². The van der Waals surface area contributed by atoms with Gasteiger partial charge in [-0.25, -0.2) is 4.98 Å². The zero-order chi connectivity index (χ0) is 15.3. The molecule has 6 heteroatoms. The van der Waals surface area contributed by atoms with E-state index < -0.39 is 5.54 Å². The second-order valence-corrected chi connectivity index (χ2v) is 6.43. The molecule has 1 fully saturated rings. The minimum atomic E-state index is -0.501. The maximum absolute atomic E-state index is 11.7. The van der Waals surface area contributed by atoms with Gasteiger partial charge in [0.2, 0.25) is 0 Å². The summed E-state index contributed by atoms with van der Waals surface area (Å²) in [5.41, 5.74) is 0.202. The number of nitriles is 1. The highest BCUT2D eigenvalue weighted by atomic mass is 32.2. The number of hydrogen-bond acceptors (Lipinski definition) is 5. The standard InChI is InChI=1S/C15H22N4OS/c1-3-5-12-8-13(20)19-14(18-12)21-10-15(9-16,17-4-2)11-6-7-11/h8,11,17H,3-7,10H2,1-2H3,(H,18,19,20). The number of rotatable bonds is 8. The molecule has 1 unspecified atom stereocenters. The third kappa shape index (κ3) is 4.08. The van der Waals surface area contributed by atoms with Crippen LogP contribution in [-0.2, 0) is 6.42 Å². The molecule has 1 aliphatic carbocycles. The molecule has 1 atom stereocenters. The summed E-state index contributed by atoms with van der Waals surface area (Å²) in [6.45, 7) is 4.85. The van der Waals surface area contributed by atoms with Crippen molar-refractivity contribution in [1.82, 2.24) is 15.3 Å². The van der Waals surface area contributed by atoms with Crippen molar-refractivity contribution < 1.29 is 0 Å². The third-order valence-electron chi connectivity index (χ3n) is 3.68. The van der Waals surface area contributed by atoms with Crippen LogP contribution in [0.3, 0.4) is 0 Å². The highest BCUT2D eigenvalue weighted by Crippen LogP contribution is 2.41. The first-order valence-corrected chi connectivity index (χ1v) is 8.51. The van der Waals surface area contributed by atoms with Gasteiger partial charge in [-0.2, -0.15) is 5.26 Å². The van der Waals surface area contributed by atoms with Crippen molar-refractivity contribution in [3.05, 3.63) is 22.1 Å². The summed E-state index contributed by atoms with van der Waals surface area (Å²) in [5.74, 6) is 1.03. The molecular formula is C15H22N4OS. The first kappa shape index (κ1) is 16.1. The minimum Gasteiger partial charge on any atom is -0.301 e. The summed E-state index contributed by atoms with van der Waals surface area (Å²) in [7, 11) is 0. The van der Waals surface area contributed by atoms with Crippen LogP contribution in [0.25, 0.3) is 0 Å². The predicted octanol–water partition coefficient (Wildman–Crippen LogP) is 2.10. The lowest BCUT2D eigenvalue weighted by Crippen LogP contribution is -2.48. The van der Waals surface area contributed by atoms with Gasteiger partial charge in [-0.05, 0) is 31.7 Å². The van der Waals surface area contributed by atoms with Crippen LogP contribution in [0, 0.1) is 17.2 Å². The Morgan fingerprint density at radius 1 is 1.57 bits per heavy atom. The number of thioether (sulfide) groups is 1. The van der Waals surface area contributed by atoms with E-state index in [1.807, 2.05) is 6.92 Å². The molecular weight excluding hydrogens is 284 g/mol. The first-order valence-electron chi connectivity index (χ1n) is 7.53. The first-order chi connectivity index (χ1) is 10.1. The topological polar surface area (TPSA) is 81.6 Å². The molecule has 5 nitrogen and oxygen atoms in total. The summed E-state index contributed by atoms with van der Waals surface area (Å²) < 4.78 is 0. The van der Waals surface area contributed by atoms with Crippen LogP contribution in [-0.4, -0.2) is 27.8 Å². The second-order valence-electron chi connectivity index (χ2n) is 5.47. The molecule has 1 aromatic heterocycles. The molecule has 0 radical (unpaired) electrons. The normalized spacial score (nSPS) is 17.2. The smallest absolute Gasteiger partial charge is 0.251 e. The lowest BCUT2D eigenvalue weighted by molar-refractivity contribution is 0.415. The van der Waals surface area contributed by atoms with Gasteiger partial charge in [0.05, 0.1) is 6.07 Å². The summed E-state index contributed by atoms with van der Waals surface area (Å²) in [6, 6.07) is 4.00. The largest absolute Gasteiger partial charge is 0.301 e. The van der Waals surface area contributed by atoms with Gasteiger partial charge in [0.1, 0.15) is 5.54 Å². The van der Waals surface area contributed by atoms with E-state index in [4.69, 9.17) is 0 Å². The Kier molecular flexibility index (Phi) is 5.43. The molecule has 0 aromatic carbocycles. The number of aromatic amines is 1. The Labute approximate surface area is 129 Å². The molecule has 2 rings (SSSR count). The van der Waals surface area contributed by atoms with Crippen LogP contribution < -0.4 is 10.9 Å². The van der Waals surface area contributed by atoms with Gasteiger partial charge >= 0.3 is 0 Å². The van der Waals surface area contributed by atoms with E-state index in [1.165, 1.54) is 11.8 Å². The summed E-state index contributed by atoms with van der Waals surface area (Å²) in [5, 5.41) is 13.5. The van der Waals surface area contributed by atoms with Gasteiger partial charge in [-0.15, -0.1) is 0 Å². The molecule has 0 bridgehead atoms. The van der Waals surface area contributed by atoms with Gasteiger partial charge in [0.25, 0.3) is 5.56 Å². The average Bonchev–Trinajstić information content (AvgIpc) is 3.28. The van der Waals surface area contributed by atoms with Crippen LogP contribution in [0.1, 0.15) is 38.8 Å². The number of aryl methyl sites for hydroxylation is 1. The molecule has 0 amide bonds. The third-order valence-corrected chi connectivity index (χ3v) is 4.75. The van der Waals surface area contributed by atoms with E-state index in [2.05, 4.69) is 28.3 Å². The van der Waals surface area contributed by atoms with Crippen molar-refractivity contribution in [1.29, 1.82) is 5.26 Å². The Hall–Kier alpha value is -1.32. The van der Waals surface area contributed by atoms with Gasteiger partial charge < -0.3 is 4.98 Å². The fraction of sp³-hybridized carbons (Fsp3) is 0.667. The predicted molar refractivity (Wildman–Crippen MR) is 84.3 cm³/mol. The van der Waals surface area contributed by atoms with Crippen molar-refractivity contribution in [2.24, 2.45) is 5.92 Å². The molecule has 1 aliphatic rings. The SMILES string of the molecule is CCCc1cc(=O)[nH]c(SCC(C#N)(NCC)C2CC2)n1. The number of H-pyrrole nitrogens is 1. The van der Waals surface area contributed by atoms with Crippen LogP contribution in [0.2, 0.25) is 0 Å². The van der Waals surface area contributed by atoms with Gasteiger partial charge in [-0.1, -0.05) is 32.0 Å². The molecule has 1 saturated carbocycles. The number of hydrogen-bond donors (Lipinski definition) is 2. The Morgan fingerprint density at radius 3 is 2.90 bits per heavy atom. The minimum absolute atomic E-state index is 0.117. The van der Waals surface area contributed by atoms with Crippen molar-refractivity contribution in [2.45, 2.75) is 50.2 Å². The second kappa shape index (κ2) is 7.10. The van der Waals surface area contributed by atoms with Crippen LogP contribution in [0.5, 0.6) is 0 Å². The van der Waals surface area contributed by atoms with Crippen molar-refractivity contribution in [2.75, 3.05) is 12.3 Å². The lowest BCUT2D eigenvalue weighted by atomic mass is 9.98. The summed E-state index contributed by atoms with van der Waals surface area (Å²) in [4.78, 5) is 18.9. The lowest BCUT2D eigenvalue weighted by Gasteiger charge is -2.26. The van der Waals surface area contributed by atoms with Crippen LogP contribution >= 0.6 is 11.8 Å². The van der Waals surface area contributed by atoms with E-state index in [9.17, 15) is 10.1 Å². The molecule has 2 N–H and O–H groups in total. The molecule has 0 spiro atoms. The highest BCUT2D eigenvalue weighted by Gasteiger charge is 2.45. The number of nitrogens with zero attached hydrogens (tertiary/aromatic N) is 2. The summed E-state index contributed by atoms with van der Waals surface area (Å²) >= 11 is 1.46. The van der Waals surface area contributed by atoms with E-state index >= 15 is 0 Å². The van der Waals surface area contributed by atoms with Gasteiger partial charge in [0.15, 0.2) is 5.16 Å². The fourth-order valence-corrected chi connectivity index (χ4v) is 3.61. The van der Waals surface area contributed by atoms with Crippen LogP contribution in [0.4, 0.5) is 0 Å². The Balaban J connectivity index is 2.10. The zero-order valence-corrected chi connectivity index (χ0v) is 13.4. The van der Waals surface area contributed by atoms with E-state index in [0.717, 1.165) is 37.9 Å². The highest BCUT2D eigenvalue weighted by molar-refractivity contribution is 7.99. The summed E-state index contributed by atoms with van der Waals surface area (Å²) in [6.07, 6.45) is 3.96. The monoisotopic (exact) mass is 306 g/mol. The van der Waals surface area contributed by atoms with Crippen molar-refractivity contribution in [3.63, 3.8) is 0 Å². The molecule has 0 saturated heterocycles. The average molecular weight is 306 g/mol. The van der Waals surface area contributed by atoms with Crippen LogP contribution in [0.15, 0.2) is 16.0 Å². The Morgan fingerprint density at radius 2 is 2.33 bits per heavy atom. The van der Waals surface area contributed by atoms with Crippen molar-refractivity contribution >= 4 is 11.8 Å². The zero-order valence-electron chi connectivity index (χ0n) is 12.6. The number of aromatic nitrogens is 2. The van der Waals surface area contributed by atoms with Gasteiger partial charge in [-0.3, -0.25) is 10.1 Å².